The number of piperidine rings is 1. The Hall–Kier alpha value is -0.620. The molecule has 0 unspecified atom stereocenters. The number of hydrogen-bond acceptors (Lipinski definition) is 3. The van der Waals surface area contributed by atoms with Crippen LogP contribution in [0.2, 0.25) is 0 Å². The summed E-state index contributed by atoms with van der Waals surface area (Å²) in [5.74, 6) is 0. The van der Waals surface area contributed by atoms with Gasteiger partial charge in [-0.2, -0.15) is 4.31 Å². The Bertz CT molecular complexity index is 542. The van der Waals surface area contributed by atoms with Gasteiger partial charge in [0.15, 0.2) is 0 Å². The van der Waals surface area contributed by atoms with E-state index in [1.54, 1.807) is 16.4 Å². The Morgan fingerprint density at radius 2 is 1.86 bits per heavy atom. The van der Waals surface area contributed by atoms with Crippen molar-refractivity contribution in [3.8, 4) is 0 Å². The van der Waals surface area contributed by atoms with E-state index in [1.807, 2.05) is 26.0 Å². The number of nitrogens with one attached hydrogen (secondary N) is 1. The van der Waals surface area contributed by atoms with E-state index in [0.717, 1.165) is 37.9 Å². The van der Waals surface area contributed by atoms with Crippen molar-refractivity contribution in [2.75, 3.05) is 19.6 Å². The van der Waals surface area contributed by atoms with Crippen LogP contribution in [-0.4, -0.2) is 38.4 Å². The molecule has 0 saturated carbocycles. The maximum Gasteiger partial charge on any atom is 0.243 e. The molecule has 21 heavy (non-hydrogen) atoms. The maximum absolute atomic E-state index is 12.9. The fourth-order valence-electron chi connectivity index (χ4n) is 2.79. The summed E-state index contributed by atoms with van der Waals surface area (Å²) in [4.78, 5) is 0.451. The molecule has 2 rings (SSSR count). The van der Waals surface area contributed by atoms with Gasteiger partial charge in [0.25, 0.3) is 0 Å². The van der Waals surface area contributed by atoms with E-state index in [4.69, 9.17) is 0 Å². The summed E-state index contributed by atoms with van der Waals surface area (Å²) in [7, 11) is -3.39. The lowest BCUT2D eigenvalue weighted by Gasteiger charge is -2.33. The van der Waals surface area contributed by atoms with Gasteiger partial charge >= 0.3 is 0 Å². The Labute approximate surface area is 134 Å². The molecule has 1 aliphatic rings. The quantitative estimate of drug-likeness (QED) is 0.901. The first-order chi connectivity index (χ1) is 9.57. The minimum Gasteiger partial charge on any atom is -0.317 e. The highest BCUT2D eigenvalue weighted by Gasteiger charge is 2.32. The molecule has 0 atom stereocenters. The number of aryl methyl sites for hydroxylation is 1. The van der Waals surface area contributed by atoms with E-state index in [2.05, 4.69) is 5.32 Å². The Morgan fingerprint density at radius 3 is 2.43 bits per heavy atom. The standard InChI is InChI=1S/C15H24N2O2S.ClH/c1-3-12-17(14-8-10-16-11-9-14)20(18,19)15-7-5-4-6-13(15)2;/h4-7,14,16H,3,8-12H2,1-2H3;1H. The van der Waals surface area contributed by atoms with Crippen LogP contribution >= 0.6 is 12.4 Å². The molecule has 1 fully saturated rings. The monoisotopic (exact) mass is 332 g/mol. The Kier molecular flexibility index (Phi) is 7.13. The van der Waals surface area contributed by atoms with Crippen LogP contribution < -0.4 is 5.32 Å². The molecule has 4 nitrogen and oxygen atoms in total. The molecular weight excluding hydrogens is 308 g/mol. The summed E-state index contributed by atoms with van der Waals surface area (Å²) in [5.41, 5.74) is 0.822. The highest BCUT2D eigenvalue weighted by molar-refractivity contribution is 7.89. The van der Waals surface area contributed by atoms with Crippen LogP contribution in [0.4, 0.5) is 0 Å². The fraction of sp³-hybridized carbons (Fsp3) is 0.600. The van der Waals surface area contributed by atoms with Crippen molar-refractivity contribution in [3.63, 3.8) is 0 Å². The third kappa shape index (κ3) is 4.19. The van der Waals surface area contributed by atoms with Crippen LogP contribution in [-0.2, 0) is 10.0 Å². The molecule has 1 saturated heterocycles. The van der Waals surface area contributed by atoms with Gasteiger partial charge in [0.2, 0.25) is 10.0 Å². The first kappa shape index (κ1) is 18.4. The molecule has 0 amide bonds. The van der Waals surface area contributed by atoms with Crippen LogP contribution in [0.25, 0.3) is 0 Å². The van der Waals surface area contributed by atoms with Crippen molar-refractivity contribution < 1.29 is 8.42 Å². The van der Waals surface area contributed by atoms with Crippen molar-refractivity contribution in [3.05, 3.63) is 29.8 Å². The summed E-state index contributed by atoms with van der Waals surface area (Å²) in [5, 5.41) is 3.29. The van der Waals surface area contributed by atoms with Gasteiger partial charge in [0, 0.05) is 12.6 Å². The van der Waals surface area contributed by atoms with Gasteiger partial charge < -0.3 is 5.32 Å². The van der Waals surface area contributed by atoms with Crippen molar-refractivity contribution in [1.29, 1.82) is 0 Å². The lowest BCUT2D eigenvalue weighted by molar-refractivity contribution is 0.262. The Balaban J connectivity index is 0.00000220. The largest absolute Gasteiger partial charge is 0.317 e. The van der Waals surface area contributed by atoms with E-state index in [1.165, 1.54) is 0 Å². The van der Waals surface area contributed by atoms with Crippen molar-refractivity contribution in [2.24, 2.45) is 0 Å². The lowest BCUT2D eigenvalue weighted by Crippen LogP contribution is -2.46. The molecule has 0 aliphatic carbocycles. The van der Waals surface area contributed by atoms with E-state index < -0.39 is 10.0 Å². The average molecular weight is 333 g/mol. The lowest BCUT2D eigenvalue weighted by atomic mass is 10.1. The third-order valence-corrected chi connectivity index (χ3v) is 5.95. The topological polar surface area (TPSA) is 49.4 Å². The van der Waals surface area contributed by atoms with Crippen molar-refractivity contribution in [2.45, 2.75) is 44.0 Å². The number of sulfonamides is 1. The molecule has 0 radical (unpaired) electrons. The zero-order chi connectivity index (χ0) is 14.6. The second-order valence-electron chi connectivity index (χ2n) is 5.36. The third-order valence-electron chi connectivity index (χ3n) is 3.84. The molecule has 0 bridgehead atoms. The van der Waals surface area contributed by atoms with Crippen molar-refractivity contribution in [1.82, 2.24) is 9.62 Å². The van der Waals surface area contributed by atoms with E-state index in [9.17, 15) is 8.42 Å². The Morgan fingerprint density at radius 1 is 1.24 bits per heavy atom. The van der Waals surface area contributed by atoms with Gasteiger partial charge in [0.1, 0.15) is 0 Å². The van der Waals surface area contributed by atoms with Gasteiger partial charge in [-0.1, -0.05) is 25.1 Å². The molecule has 120 valence electrons. The zero-order valence-electron chi connectivity index (χ0n) is 12.7. The summed E-state index contributed by atoms with van der Waals surface area (Å²) in [6.07, 6.45) is 2.63. The number of nitrogens with zero attached hydrogens (tertiary/aromatic N) is 1. The molecule has 1 aliphatic heterocycles. The molecule has 1 aromatic carbocycles. The maximum atomic E-state index is 12.9. The highest BCUT2D eigenvalue weighted by atomic mass is 35.5. The van der Waals surface area contributed by atoms with Crippen LogP contribution in [0.3, 0.4) is 0 Å². The van der Waals surface area contributed by atoms with Gasteiger partial charge in [-0.05, 0) is 50.9 Å². The van der Waals surface area contributed by atoms with E-state index in [-0.39, 0.29) is 18.4 Å². The predicted octanol–water partition coefficient (Wildman–Crippen LogP) is 2.57. The van der Waals surface area contributed by atoms with Crippen LogP contribution in [0.1, 0.15) is 31.7 Å². The molecule has 0 spiro atoms. The second-order valence-corrected chi connectivity index (χ2v) is 7.22. The molecule has 1 heterocycles. The van der Waals surface area contributed by atoms with Gasteiger partial charge in [-0.25, -0.2) is 8.42 Å². The van der Waals surface area contributed by atoms with E-state index in [0.29, 0.717) is 11.4 Å². The minimum absolute atomic E-state index is 0. The van der Waals surface area contributed by atoms with Gasteiger partial charge in [-0.15, -0.1) is 12.4 Å². The first-order valence-corrected chi connectivity index (χ1v) is 8.79. The predicted molar refractivity (Wildman–Crippen MR) is 88.5 cm³/mol. The first-order valence-electron chi connectivity index (χ1n) is 7.35. The smallest absolute Gasteiger partial charge is 0.243 e. The normalized spacial score (nSPS) is 16.7. The summed E-state index contributed by atoms with van der Waals surface area (Å²) in [6.45, 7) is 6.28. The van der Waals surface area contributed by atoms with Crippen LogP contribution in [0, 0.1) is 6.92 Å². The van der Waals surface area contributed by atoms with Gasteiger partial charge in [0.05, 0.1) is 4.90 Å². The van der Waals surface area contributed by atoms with Crippen LogP contribution in [0.15, 0.2) is 29.2 Å². The number of benzene rings is 1. The molecule has 6 heteroatoms. The fourth-order valence-corrected chi connectivity index (χ4v) is 4.79. The van der Waals surface area contributed by atoms with Crippen molar-refractivity contribution >= 4 is 22.4 Å². The van der Waals surface area contributed by atoms with Crippen LogP contribution in [0.5, 0.6) is 0 Å². The zero-order valence-corrected chi connectivity index (χ0v) is 14.3. The SMILES string of the molecule is CCCN(C1CCNCC1)S(=O)(=O)c1ccccc1C.Cl. The second kappa shape index (κ2) is 8.13. The minimum atomic E-state index is -3.39. The summed E-state index contributed by atoms with van der Waals surface area (Å²) >= 11 is 0. The number of rotatable bonds is 5. The molecule has 0 aromatic heterocycles. The number of hydrogen-bond donors (Lipinski definition) is 1. The molecule has 1 aromatic rings. The molecular formula is C15H25ClN2O2S. The van der Waals surface area contributed by atoms with Gasteiger partial charge in [-0.3, -0.25) is 0 Å². The summed E-state index contributed by atoms with van der Waals surface area (Å²) in [6, 6.07) is 7.38. The number of halogens is 1. The summed E-state index contributed by atoms with van der Waals surface area (Å²) < 4.78 is 27.6. The average Bonchev–Trinajstić information content (AvgIpc) is 2.45. The molecule has 1 N–H and O–H groups in total. The highest BCUT2D eigenvalue weighted by Crippen LogP contribution is 2.24. The van der Waals surface area contributed by atoms with E-state index >= 15 is 0 Å².